The Morgan fingerprint density at radius 2 is 1.81 bits per heavy atom. The third kappa shape index (κ3) is 3.21. The summed E-state index contributed by atoms with van der Waals surface area (Å²) in [5.41, 5.74) is 8.07. The molecule has 0 aliphatic carbocycles. The van der Waals surface area contributed by atoms with E-state index in [1.807, 2.05) is 6.92 Å². The van der Waals surface area contributed by atoms with E-state index < -0.39 is 17.5 Å². The first kappa shape index (κ1) is 15.4. The summed E-state index contributed by atoms with van der Waals surface area (Å²) in [6, 6.07) is 5.10. The number of hydrogen-bond acceptors (Lipinski definition) is 2. The highest BCUT2D eigenvalue weighted by Gasteiger charge is 2.16. The predicted octanol–water partition coefficient (Wildman–Crippen LogP) is 4.18. The van der Waals surface area contributed by atoms with Crippen molar-refractivity contribution in [1.29, 1.82) is 0 Å². The molecule has 0 radical (unpaired) electrons. The van der Waals surface area contributed by atoms with Crippen LogP contribution in [0.5, 0.6) is 0 Å². The van der Waals surface area contributed by atoms with Gasteiger partial charge in [0.1, 0.15) is 5.82 Å². The number of carbonyl (C=O) groups is 1. The van der Waals surface area contributed by atoms with Crippen molar-refractivity contribution in [2.75, 3.05) is 11.1 Å². The lowest BCUT2D eigenvalue weighted by Crippen LogP contribution is -2.15. The molecule has 0 atom stereocenters. The number of nitrogens with one attached hydrogen (secondary N) is 1. The van der Waals surface area contributed by atoms with Crippen molar-refractivity contribution < 1.29 is 13.6 Å². The fourth-order valence-electron chi connectivity index (χ4n) is 1.96. The van der Waals surface area contributed by atoms with E-state index in [1.54, 1.807) is 13.0 Å². The molecule has 1 amide bonds. The standard InChI is InChI=1S/C15H13BrF2N2O/c1-7-3-8(2)13(19)6-10(7)15(21)20-14-11(16)4-9(17)5-12(14)18/h3-6H,19H2,1-2H3,(H,20,21). The molecular weight excluding hydrogens is 342 g/mol. The van der Waals surface area contributed by atoms with Gasteiger partial charge in [0.15, 0.2) is 5.82 Å². The second-order valence-electron chi connectivity index (χ2n) is 4.72. The summed E-state index contributed by atoms with van der Waals surface area (Å²) < 4.78 is 26.9. The van der Waals surface area contributed by atoms with Gasteiger partial charge in [-0.1, -0.05) is 6.07 Å². The summed E-state index contributed by atoms with van der Waals surface area (Å²) in [6.07, 6.45) is 0. The zero-order valence-electron chi connectivity index (χ0n) is 11.4. The van der Waals surface area contributed by atoms with Crippen LogP contribution >= 0.6 is 15.9 Å². The molecule has 3 N–H and O–H groups in total. The van der Waals surface area contributed by atoms with E-state index in [0.29, 0.717) is 17.3 Å². The molecule has 0 saturated carbocycles. The Hall–Kier alpha value is -1.95. The zero-order chi connectivity index (χ0) is 15.7. The zero-order valence-corrected chi connectivity index (χ0v) is 13.0. The topological polar surface area (TPSA) is 55.1 Å². The molecule has 110 valence electrons. The first-order valence-corrected chi connectivity index (χ1v) is 6.91. The van der Waals surface area contributed by atoms with E-state index >= 15 is 0 Å². The van der Waals surface area contributed by atoms with Gasteiger partial charge in [0.05, 0.1) is 5.69 Å². The van der Waals surface area contributed by atoms with E-state index in [9.17, 15) is 13.6 Å². The molecule has 0 bridgehead atoms. The van der Waals surface area contributed by atoms with Crippen LogP contribution in [-0.2, 0) is 0 Å². The first-order chi connectivity index (χ1) is 9.79. The van der Waals surface area contributed by atoms with Crippen molar-refractivity contribution in [3.8, 4) is 0 Å². The minimum atomic E-state index is -0.854. The molecule has 0 spiro atoms. The number of halogens is 3. The molecule has 21 heavy (non-hydrogen) atoms. The van der Waals surface area contributed by atoms with Gasteiger partial charge in [-0.3, -0.25) is 4.79 Å². The van der Waals surface area contributed by atoms with Crippen molar-refractivity contribution in [2.45, 2.75) is 13.8 Å². The molecule has 3 nitrogen and oxygen atoms in total. The smallest absolute Gasteiger partial charge is 0.256 e. The minimum absolute atomic E-state index is 0.111. The van der Waals surface area contributed by atoms with Crippen molar-refractivity contribution in [2.24, 2.45) is 0 Å². The lowest BCUT2D eigenvalue weighted by molar-refractivity contribution is 0.102. The number of aryl methyl sites for hydroxylation is 2. The van der Waals surface area contributed by atoms with E-state index in [0.717, 1.165) is 17.2 Å². The minimum Gasteiger partial charge on any atom is -0.398 e. The molecule has 0 aliphatic heterocycles. The number of amides is 1. The van der Waals surface area contributed by atoms with Crippen LogP contribution in [0, 0.1) is 25.5 Å². The predicted molar refractivity (Wildman–Crippen MR) is 82.3 cm³/mol. The van der Waals surface area contributed by atoms with Crippen LogP contribution in [-0.4, -0.2) is 5.91 Å². The van der Waals surface area contributed by atoms with Crippen LogP contribution < -0.4 is 11.1 Å². The maximum absolute atomic E-state index is 13.7. The largest absolute Gasteiger partial charge is 0.398 e. The molecule has 0 unspecified atom stereocenters. The Labute approximate surface area is 129 Å². The Balaban J connectivity index is 2.37. The molecular formula is C15H13BrF2N2O. The number of rotatable bonds is 2. The fourth-order valence-corrected chi connectivity index (χ4v) is 2.46. The van der Waals surface area contributed by atoms with Crippen molar-refractivity contribution in [3.05, 3.63) is 57.1 Å². The maximum Gasteiger partial charge on any atom is 0.256 e. The molecule has 2 aromatic carbocycles. The molecule has 0 heterocycles. The average molecular weight is 355 g/mol. The van der Waals surface area contributed by atoms with Crippen LogP contribution in [0.2, 0.25) is 0 Å². The second-order valence-corrected chi connectivity index (χ2v) is 5.58. The van der Waals surface area contributed by atoms with E-state index in [-0.39, 0.29) is 10.2 Å². The lowest BCUT2D eigenvalue weighted by atomic mass is 10.0. The van der Waals surface area contributed by atoms with Gasteiger partial charge in [0.2, 0.25) is 0 Å². The van der Waals surface area contributed by atoms with Gasteiger partial charge in [-0.05, 0) is 53.0 Å². The molecule has 0 saturated heterocycles. The normalized spacial score (nSPS) is 10.5. The third-order valence-corrected chi connectivity index (χ3v) is 3.73. The van der Waals surface area contributed by atoms with E-state index in [4.69, 9.17) is 5.73 Å². The van der Waals surface area contributed by atoms with E-state index in [2.05, 4.69) is 21.2 Å². The van der Waals surface area contributed by atoms with Crippen LogP contribution in [0.1, 0.15) is 21.5 Å². The van der Waals surface area contributed by atoms with Crippen molar-refractivity contribution in [3.63, 3.8) is 0 Å². The summed E-state index contributed by atoms with van der Waals surface area (Å²) in [6.45, 7) is 3.59. The van der Waals surface area contributed by atoms with Gasteiger partial charge in [-0.2, -0.15) is 0 Å². The highest BCUT2D eigenvalue weighted by molar-refractivity contribution is 9.10. The lowest BCUT2D eigenvalue weighted by Gasteiger charge is -2.12. The molecule has 2 rings (SSSR count). The summed E-state index contributed by atoms with van der Waals surface area (Å²) in [5.74, 6) is -2.09. The summed E-state index contributed by atoms with van der Waals surface area (Å²) in [7, 11) is 0. The van der Waals surface area contributed by atoms with Gasteiger partial charge in [0, 0.05) is 21.8 Å². The maximum atomic E-state index is 13.7. The van der Waals surface area contributed by atoms with Crippen molar-refractivity contribution >= 4 is 33.2 Å². The SMILES string of the molecule is Cc1cc(C)c(C(=O)Nc2c(F)cc(F)cc2Br)cc1N. The van der Waals surface area contributed by atoms with Gasteiger partial charge < -0.3 is 11.1 Å². The third-order valence-electron chi connectivity index (χ3n) is 3.10. The second kappa shape index (κ2) is 5.81. The number of nitrogens with two attached hydrogens (primary N) is 1. The molecule has 2 aromatic rings. The van der Waals surface area contributed by atoms with Gasteiger partial charge in [0.25, 0.3) is 5.91 Å². The van der Waals surface area contributed by atoms with Crippen LogP contribution in [0.15, 0.2) is 28.7 Å². The van der Waals surface area contributed by atoms with Gasteiger partial charge in [-0.25, -0.2) is 8.78 Å². The van der Waals surface area contributed by atoms with Crippen LogP contribution in [0.3, 0.4) is 0 Å². The van der Waals surface area contributed by atoms with E-state index in [1.165, 1.54) is 6.07 Å². The Morgan fingerprint density at radius 3 is 2.43 bits per heavy atom. The first-order valence-electron chi connectivity index (χ1n) is 6.12. The Bertz CT molecular complexity index is 709. The van der Waals surface area contributed by atoms with Crippen LogP contribution in [0.4, 0.5) is 20.2 Å². The average Bonchev–Trinajstić information content (AvgIpc) is 2.37. The van der Waals surface area contributed by atoms with Gasteiger partial charge in [-0.15, -0.1) is 0 Å². The number of nitrogen functional groups attached to an aromatic ring is 1. The Morgan fingerprint density at radius 1 is 1.14 bits per heavy atom. The van der Waals surface area contributed by atoms with Gasteiger partial charge >= 0.3 is 0 Å². The van der Waals surface area contributed by atoms with Crippen LogP contribution in [0.25, 0.3) is 0 Å². The summed E-state index contributed by atoms with van der Waals surface area (Å²) >= 11 is 3.02. The molecule has 0 aliphatic rings. The quantitative estimate of drug-likeness (QED) is 0.794. The Kier molecular flexibility index (Phi) is 4.27. The summed E-state index contributed by atoms with van der Waals surface area (Å²) in [5, 5.41) is 2.43. The molecule has 0 aromatic heterocycles. The summed E-state index contributed by atoms with van der Waals surface area (Å²) in [4.78, 5) is 12.2. The highest BCUT2D eigenvalue weighted by Crippen LogP contribution is 2.28. The highest BCUT2D eigenvalue weighted by atomic mass is 79.9. The number of hydrogen-bond donors (Lipinski definition) is 2. The molecule has 0 fully saturated rings. The number of benzene rings is 2. The number of anilines is 2. The monoisotopic (exact) mass is 354 g/mol. The fraction of sp³-hybridized carbons (Fsp3) is 0.133. The molecule has 6 heteroatoms. The van der Waals surface area contributed by atoms with Crippen molar-refractivity contribution in [1.82, 2.24) is 0 Å². The number of carbonyl (C=O) groups excluding carboxylic acids is 1.